The van der Waals surface area contributed by atoms with E-state index in [1.807, 2.05) is 0 Å². The summed E-state index contributed by atoms with van der Waals surface area (Å²) in [4.78, 5) is 27.8. The summed E-state index contributed by atoms with van der Waals surface area (Å²) < 4.78 is 71.3. The molecule has 13 heteroatoms. The molecule has 0 spiro atoms. The van der Waals surface area contributed by atoms with Crippen LogP contribution in [-0.4, -0.2) is 57.1 Å². The number of hydrogen-bond acceptors (Lipinski definition) is 5. The predicted octanol–water partition coefficient (Wildman–Crippen LogP) is 4.47. The molecular formula is C25H31ClF3N3O5S. The molecule has 0 saturated heterocycles. The smallest absolute Gasteiger partial charge is 0.417 e. The molecule has 0 bridgehead atoms. The molecule has 38 heavy (non-hydrogen) atoms. The highest BCUT2D eigenvalue weighted by atomic mass is 35.5. The number of alkyl halides is 3. The van der Waals surface area contributed by atoms with E-state index < -0.39 is 51.2 Å². The van der Waals surface area contributed by atoms with Crippen LogP contribution in [0.1, 0.15) is 38.3 Å². The third-order valence-corrected chi connectivity index (χ3v) is 7.02. The van der Waals surface area contributed by atoms with E-state index >= 15 is 0 Å². The number of nitrogens with one attached hydrogen (secondary N) is 1. The van der Waals surface area contributed by atoms with Crippen molar-refractivity contribution in [2.75, 3.05) is 24.2 Å². The molecule has 210 valence electrons. The Kier molecular flexibility index (Phi) is 10.4. The number of carbonyl (C=O) groups is 2. The Morgan fingerprint density at radius 1 is 1.11 bits per heavy atom. The number of ether oxygens (including phenoxy) is 1. The summed E-state index contributed by atoms with van der Waals surface area (Å²) >= 11 is 5.69. The van der Waals surface area contributed by atoms with Crippen LogP contribution in [0.15, 0.2) is 42.5 Å². The van der Waals surface area contributed by atoms with Crippen molar-refractivity contribution < 1.29 is 35.9 Å². The third-order valence-electron chi connectivity index (χ3n) is 5.55. The summed E-state index contributed by atoms with van der Waals surface area (Å²) in [6, 6.07) is 8.11. The van der Waals surface area contributed by atoms with Gasteiger partial charge in [-0.05, 0) is 56.2 Å². The summed E-state index contributed by atoms with van der Waals surface area (Å²) in [5.41, 5.74) is -0.996. The summed E-state index contributed by atoms with van der Waals surface area (Å²) in [5.74, 6) is -0.649. The highest BCUT2D eigenvalue weighted by Gasteiger charge is 2.36. The van der Waals surface area contributed by atoms with Crippen molar-refractivity contribution in [2.45, 2.75) is 52.0 Å². The number of sulfonamides is 1. The number of hydrogen-bond donors (Lipinski definition) is 1. The largest absolute Gasteiger partial charge is 0.497 e. The van der Waals surface area contributed by atoms with Crippen molar-refractivity contribution in [3.8, 4) is 5.75 Å². The number of anilines is 1. The van der Waals surface area contributed by atoms with Crippen LogP contribution in [0.3, 0.4) is 0 Å². The Labute approximate surface area is 225 Å². The molecule has 2 amide bonds. The van der Waals surface area contributed by atoms with Crippen molar-refractivity contribution in [1.29, 1.82) is 0 Å². The monoisotopic (exact) mass is 577 g/mol. The maximum atomic E-state index is 13.6. The second-order valence-corrected chi connectivity index (χ2v) is 11.2. The summed E-state index contributed by atoms with van der Waals surface area (Å²) in [6.07, 6.45) is -3.86. The zero-order valence-corrected chi connectivity index (χ0v) is 23.2. The van der Waals surface area contributed by atoms with Crippen LogP contribution in [0.2, 0.25) is 5.02 Å². The first kappa shape index (κ1) is 31.2. The molecule has 0 aliphatic carbocycles. The van der Waals surface area contributed by atoms with Gasteiger partial charge in [-0.15, -0.1) is 0 Å². The van der Waals surface area contributed by atoms with Crippen LogP contribution in [0.25, 0.3) is 0 Å². The van der Waals surface area contributed by atoms with E-state index in [2.05, 4.69) is 5.32 Å². The van der Waals surface area contributed by atoms with E-state index in [4.69, 9.17) is 16.3 Å². The molecule has 1 unspecified atom stereocenters. The Hall–Kier alpha value is -2.99. The van der Waals surface area contributed by atoms with Crippen LogP contribution >= 0.6 is 11.6 Å². The number of nitrogens with zero attached hydrogens (tertiary/aromatic N) is 2. The minimum Gasteiger partial charge on any atom is -0.497 e. The van der Waals surface area contributed by atoms with Gasteiger partial charge in [0.25, 0.3) is 0 Å². The third kappa shape index (κ3) is 8.26. The summed E-state index contributed by atoms with van der Waals surface area (Å²) in [7, 11) is -2.72. The van der Waals surface area contributed by atoms with Gasteiger partial charge in [0.15, 0.2) is 0 Å². The molecule has 8 nitrogen and oxygen atoms in total. The molecule has 0 heterocycles. The van der Waals surface area contributed by atoms with Gasteiger partial charge in [0.2, 0.25) is 21.8 Å². The zero-order valence-electron chi connectivity index (χ0n) is 21.7. The fourth-order valence-electron chi connectivity index (χ4n) is 3.73. The number of halogens is 4. The Morgan fingerprint density at radius 3 is 2.18 bits per heavy atom. The van der Waals surface area contributed by atoms with E-state index in [-0.39, 0.29) is 24.7 Å². The molecule has 2 rings (SSSR count). The Bertz CT molecular complexity index is 1240. The molecule has 1 N–H and O–H groups in total. The van der Waals surface area contributed by atoms with Gasteiger partial charge in [0.05, 0.1) is 29.6 Å². The van der Waals surface area contributed by atoms with E-state index in [0.29, 0.717) is 21.7 Å². The molecule has 1 atom stereocenters. The van der Waals surface area contributed by atoms with Crippen LogP contribution in [0.5, 0.6) is 5.75 Å². The van der Waals surface area contributed by atoms with Crippen LogP contribution < -0.4 is 14.4 Å². The highest BCUT2D eigenvalue weighted by molar-refractivity contribution is 7.92. The van der Waals surface area contributed by atoms with Gasteiger partial charge in [-0.25, -0.2) is 8.42 Å². The number of rotatable bonds is 11. The van der Waals surface area contributed by atoms with Gasteiger partial charge >= 0.3 is 6.18 Å². The molecule has 0 saturated carbocycles. The van der Waals surface area contributed by atoms with Gasteiger partial charge in [0, 0.05) is 12.6 Å². The van der Waals surface area contributed by atoms with Crippen molar-refractivity contribution in [3.63, 3.8) is 0 Å². The number of benzene rings is 2. The van der Waals surface area contributed by atoms with Crippen LogP contribution in [-0.2, 0) is 32.3 Å². The van der Waals surface area contributed by atoms with E-state index in [1.54, 1.807) is 45.0 Å². The minimum absolute atomic E-state index is 0.0567. The second kappa shape index (κ2) is 12.7. The van der Waals surface area contributed by atoms with Gasteiger partial charge in [0.1, 0.15) is 18.3 Å². The van der Waals surface area contributed by atoms with Gasteiger partial charge < -0.3 is 15.0 Å². The van der Waals surface area contributed by atoms with Crippen LogP contribution in [0, 0.1) is 0 Å². The first-order valence-electron chi connectivity index (χ1n) is 11.7. The van der Waals surface area contributed by atoms with E-state index in [1.165, 1.54) is 12.0 Å². The average molecular weight is 578 g/mol. The molecule has 0 aromatic heterocycles. The Morgan fingerprint density at radius 2 is 1.71 bits per heavy atom. The van der Waals surface area contributed by atoms with E-state index in [9.17, 15) is 31.2 Å². The summed E-state index contributed by atoms with van der Waals surface area (Å²) in [5, 5.41) is 2.14. The lowest BCUT2D eigenvalue weighted by Gasteiger charge is -2.33. The molecular weight excluding hydrogens is 547 g/mol. The first-order chi connectivity index (χ1) is 17.6. The van der Waals surface area contributed by atoms with Crippen molar-refractivity contribution in [1.82, 2.24) is 10.2 Å². The molecule has 2 aromatic carbocycles. The number of carbonyl (C=O) groups excluding carboxylic acids is 2. The fourth-order valence-corrected chi connectivity index (χ4v) is 4.79. The van der Waals surface area contributed by atoms with Crippen LogP contribution in [0.4, 0.5) is 18.9 Å². The highest BCUT2D eigenvalue weighted by Crippen LogP contribution is 2.37. The van der Waals surface area contributed by atoms with Gasteiger partial charge in [-0.3, -0.25) is 13.9 Å². The van der Waals surface area contributed by atoms with E-state index in [0.717, 1.165) is 18.4 Å². The zero-order chi connectivity index (χ0) is 28.8. The molecule has 0 fully saturated rings. The average Bonchev–Trinajstić information content (AvgIpc) is 2.81. The van der Waals surface area contributed by atoms with Gasteiger partial charge in [-0.1, -0.05) is 30.7 Å². The summed E-state index contributed by atoms with van der Waals surface area (Å²) in [6.45, 7) is 4.31. The topological polar surface area (TPSA) is 96.0 Å². The second-order valence-electron chi connectivity index (χ2n) is 8.89. The van der Waals surface area contributed by atoms with Crippen molar-refractivity contribution in [2.24, 2.45) is 0 Å². The lowest BCUT2D eigenvalue weighted by molar-refractivity contribution is -0.140. The lowest BCUT2D eigenvalue weighted by atomic mass is 10.1. The normalized spacial score (nSPS) is 12.7. The van der Waals surface area contributed by atoms with Crippen molar-refractivity contribution >= 4 is 39.1 Å². The number of methoxy groups -OCH3 is 1. The predicted molar refractivity (Wildman–Crippen MR) is 140 cm³/mol. The molecule has 0 radical (unpaired) electrons. The first-order valence-corrected chi connectivity index (χ1v) is 13.9. The lowest BCUT2D eigenvalue weighted by Crippen LogP contribution is -2.53. The van der Waals surface area contributed by atoms with Crippen molar-refractivity contribution in [3.05, 3.63) is 58.6 Å². The van der Waals surface area contributed by atoms with Gasteiger partial charge in [-0.2, -0.15) is 13.2 Å². The molecule has 0 aliphatic heterocycles. The SMILES string of the molecule is CCC(C(=O)NC(C)C)N(Cc1ccc(OC)cc1)C(=O)CN(c1ccc(Cl)c(C(F)(F)F)c1)S(C)(=O)=O. The quantitative estimate of drug-likeness (QED) is 0.425. The maximum absolute atomic E-state index is 13.6. The standard InChI is InChI=1S/C25H31ClF3N3O5S/c1-6-22(24(34)30-16(2)3)31(14-17-7-10-19(37-4)11-8-17)23(33)15-32(38(5,35)36)18-9-12-21(26)20(13-18)25(27,28)29/h7-13,16,22H,6,14-15H2,1-5H3,(H,30,34). The molecule has 2 aromatic rings. The number of amides is 2. The fraction of sp³-hybridized carbons (Fsp3) is 0.440. The Balaban J connectivity index is 2.52. The maximum Gasteiger partial charge on any atom is 0.417 e. The molecule has 0 aliphatic rings. The minimum atomic E-state index is -4.84.